The largest absolute Gasteiger partial charge is 1.00 e. The number of hydrogen-bond donors (Lipinski definition) is 1. The normalized spacial score (nSPS) is 11.1. The third-order valence-electron chi connectivity index (χ3n) is 4.46. The van der Waals surface area contributed by atoms with Gasteiger partial charge in [-0.15, -0.1) is 0 Å². The molecule has 0 spiro atoms. The molecule has 5 nitrogen and oxygen atoms in total. The summed E-state index contributed by atoms with van der Waals surface area (Å²) in [4.78, 5) is -0.246. The van der Waals surface area contributed by atoms with Crippen LogP contribution in [0.15, 0.2) is 47.4 Å². The van der Waals surface area contributed by atoms with Gasteiger partial charge in [-0.2, -0.15) is 8.42 Å². The Kier molecular flexibility index (Phi) is 11.9. The van der Waals surface area contributed by atoms with Crippen molar-refractivity contribution < 1.29 is 74.2 Å². The number of aryl methyl sites for hydroxylation is 1. The van der Waals surface area contributed by atoms with Gasteiger partial charge in [-0.3, -0.25) is 4.55 Å². The summed E-state index contributed by atoms with van der Waals surface area (Å²) in [6, 6.07) is 10.5. The molecule has 0 amide bonds. The Hall–Kier alpha value is -0.414. The molecule has 0 atom stereocenters. The minimum Gasteiger partial charge on any atom is -0.870 e. The van der Waals surface area contributed by atoms with Crippen LogP contribution in [-0.4, -0.2) is 13.0 Å². The zero-order valence-electron chi connectivity index (χ0n) is 16.7. The summed E-state index contributed by atoms with van der Waals surface area (Å²) in [5, 5.41) is 11.9. The maximum atomic E-state index is 11.9. The van der Waals surface area contributed by atoms with E-state index in [1.165, 1.54) is 50.3 Å². The maximum absolute atomic E-state index is 11.9. The van der Waals surface area contributed by atoms with Crippen molar-refractivity contribution in [3.05, 3.63) is 48.0 Å². The predicted octanol–water partition coefficient (Wildman–Crippen LogP) is 2.10. The Morgan fingerprint density at radius 3 is 2.21 bits per heavy atom. The molecule has 2 aromatic carbocycles. The first-order valence-corrected chi connectivity index (χ1v) is 10.9. The van der Waals surface area contributed by atoms with E-state index in [1.54, 1.807) is 24.3 Å². The van der Waals surface area contributed by atoms with E-state index < -0.39 is 10.1 Å². The average molecular weight is 431 g/mol. The van der Waals surface area contributed by atoms with Crippen LogP contribution in [0, 0.1) is 0 Å². The van der Waals surface area contributed by atoms with Gasteiger partial charge in [0.05, 0.1) is 4.90 Å². The fraction of sp³-hybridized carbons (Fsp3) is 0.429. The second-order valence-corrected chi connectivity index (χ2v) is 8.09. The first-order valence-electron chi connectivity index (χ1n) is 9.46. The number of para-hydroxylation sites is 2. The van der Waals surface area contributed by atoms with Gasteiger partial charge < -0.3 is 9.84 Å². The topological polar surface area (TPSA) is 86.7 Å². The molecular weight excluding hydrogens is 403 g/mol. The quantitative estimate of drug-likeness (QED) is 0.335. The van der Waals surface area contributed by atoms with Gasteiger partial charge in [0, 0.05) is 6.07 Å². The molecular formula is C21H27KO5S. The number of ether oxygens (including phenoxy) is 1. The third-order valence-corrected chi connectivity index (χ3v) is 5.30. The SMILES string of the molecule is CCCCCCCCCc1ccc(S(=O)(=O)O)cc1Oc1ccccc1[O-].[K+]. The molecule has 0 heterocycles. The maximum Gasteiger partial charge on any atom is 1.00 e. The van der Waals surface area contributed by atoms with Crippen molar-refractivity contribution >= 4 is 10.1 Å². The van der Waals surface area contributed by atoms with E-state index in [0.717, 1.165) is 24.8 Å². The van der Waals surface area contributed by atoms with Gasteiger partial charge in [0.15, 0.2) is 0 Å². The van der Waals surface area contributed by atoms with Crippen LogP contribution in [-0.2, 0) is 16.5 Å². The second kappa shape index (κ2) is 13.0. The van der Waals surface area contributed by atoms with Crippen molar-refractivity contribution in [2.45, 2.75) is 63.2 Å². The minimum absolute atomic E-state index is 0. The molecule has 0 aliphatic rings. The molecule has 0 saturated carbocycles. The van der Waals surface area contributed by atoms with E-state index in [1.807, 2.05) is 0 Å². The molecule has 0 unspecified atom stereocenters. The molecule has 7 heteroatoms. The van der Waals surface area contributed by atoms with Crippen LogP contribution in [0.5, 0.6) is 17.2 Å². The number of rotatable bonds is 11. The van der Waals surface area contributed by atoms with Crippen molar-refractivity contribution in [3.8, 4) is 17.2 Å². The van der Waals surface area contributed by atoms with E-state index in [-0.39, 0.29) is 67.8 Å². The number of unbranched alkanes of at least 4 members (excludes halogenated alkanes) is 6. The summed E-state index contributed by atoms with van der Waals surface area (Å²) in [6.07, 6.45) is 8.90. The molecule has 0 fully saturated rings. The van der Waals surface area contributed by atoms with Crippen molar-refractivity contribution in [1.82, 2.24) is 0 Å². The van der Waals surface area contributed by atoms with E-state index >= 15 is 0 Å². The number of hydrogen-bond acceptors (Lipinski definition) is 4. The Morgan fingerprint density at radius 1 is 0.929 bits per heavy atom. The van der Waals surface area contributed by atoms with Crippen LogP contribution in [0.1, 0.15) is 57.4 Å². The summed E-state index contributed by atoms with van der Waals surface area (Å²) in [7, 11) is -4.34. The minimum atomic E-state index is -4.34. The molecule has 0 aliphatic carbocycles. The van der Waals surface area contributed by atoms with Crippen molar-refractivity contribution in [2.24, 2.45) is 0 Å². The van der Waals surface area contributed by atoms with E-state index in [0.29, 0.717) is 5.75 Å². The molecule has 0 radical (unpaired) electrons. The van der Waals surface area contributed by atoms with Crippen LogP contribution in [0.25, 0.3) is 0 Å². The van der Waals surface area contributed by atoms with Gasteiger partial charge in [-0.05, 0) is 30.5 Å². The summed E-state index contributed by atoms with van der Waals surface area (Å²) < 4.78 is 37.9. The summed E-state index contributed by atoms with van der Waals surface area (Å²) >= 11 is 0. The molecule has 148 valence electrons. The standard InChI is InChI=1S/C21H28O5S.K/c1-2-3-4-5-6-7-8-11-17-14-15-18(27(23,24)25)16-21(17)26-20-13-10-9-12-19(20)22;/h9-10,12-16,22H,2-8,11H2,1H3,(H,23,24,25);/q;+1/p-1. The molecule has 0 bridgehead atoms. The average Bonchev–Trinajstić information content (AvgIpc) is 2.63. The first-order chi connectivity index (χ1) is 12.9. The van der Waals surface area contributed by atoms with Crippen LogP contribution in [0.3, 0.4) is 0 Å². The summed E-state index contributed by atoms with van der Waals surface area (Å²) in [5.41, 5.74) is 0.819. The first kappa shape index (κ1) is 25.6. The molecule has 28 heavy (non-hydrogen) atoms. The zero-order valence-corrected chi connectivity index (χ0v) is 20.6. The van der Waals surface area contributed by atoms with Gasteiger partial charge in [-0.1, -0.05) is 75.5 Å². The predicted molar refractivity (Wildman–Crippen MR) is 104 cm³/mol. The van der Waals surface area contributed by atoms with E-state index in [4.69, 9.17) is 4.74 Å². The summed E-state index contributed by atoms with van der Waals surface area (Å²) in [6.45, 7) is 2.19. The fourth-order valence-corrected chi connectivity index (χ4v) is 3.42. The van der Waals surface area contributed by atoms with Gasteiger partial charge in [-0.25, -0.2) is 0 Å². The Bertz CT molecular complexity index is 836. The van der Waals surface area contributed by atoms with Gasteiger partial charge >= 0.3 is 51.4 Å². The molecule has 0 aromatic heterocycles. The second-order valence-electron chi connectivity index (χ2n) is 6.66. The molecule has 2 aromatic rings. The Morgan fingerprint density at radius 2 is 1.57 bits per heavy atom. The van der Waals surface area contributed by atoms with Crippen molar-refractivity contribution in [2.75, 3.05) is 0 Å². The van der Waals surface area contributed by atoms with Gasteiger partial charge in [0.25, 0.3) is 10.1 Å². The smallest absolute Gasteiger partial charge is 0.870 e. The van der Waals surface area contributed by atoms with E-state index in [2.05, 4.69) is 6.92 Å². The summed E-state index contributed by atoms with van der Waals surface area (Å²) in [5.74, 6) is 0.141. The number of benzene rings is 2. The molecule has 0 saturated heterocycles. The van der Waals surface area contributed by atoms with Crippen LogP contribution < -0.4 is 61.2 Å². The Balaban J connectivity index is 0.00000392. The van der Waals surface area contributed by atoms with Crippen LogP contribution >= 0.6 is 0 Å². The van der Waals surface area contributed by atoms with Crippen LogP contribution in [0.4, 0.5) is 0 Å². The molecule has 2 rings (SSSR count). The van der Waals surface area contributed by atoms with Gasteiger partial charge in [0.2, 0.25) is 0 Å². The monoisotopic (exact) mass is 430 g/mol. The van der Waals surface area contributed by atoms with Crippen molar-refractivity contribution in [3.63, 3.8) is 0 Å². The van der Waals surface area contributed by atoms with E-state index in [9.17, 15) is 18.1 Å². The van der Waals surface area contributed by atoms with Crippen LogP contribution in [0.2, 0.25) is 0 Å². The third kappa shape index (κ3) is 8.53. The fourth-order valence-electron chi connectivity index (χ4n) is 2.92. The Labute approximate surface area is 210 Å². The van der Waals surface area contributed by atoms with Crippen molar-refractivity contribution in [1.29, 1.82) is 0 Å². The molecule has 0 aliphatic heterocycles. The molecule has 1 N–H and O–H groups in total. The van der Waals surface area contributed by atoms with Gasteiger partial charge in [0.1, 0.15) is 11.5 Å². The zero-order chi connectivity index (χ0) is 19.7.